The van der Waals surface area contributed by atoms with Crippen LogP contribution in [0.15, 0.2) is 84.9 Å². The summed E-state index contributed by atoms with van der Waals surface area (Å²) in [6.45, 7) is 2.29. The normalized spacial score (nSPS) is 15.4. The van der Waals surface area contributed by atoms with Gasteiger partial charge >= 0.3 is 0 Å². The van der Waals surface area contributed by atoms with Gasteiger partial charge in [0.2, 0.25) is 0 Å². The summed E-state index contributed by atoms with van der Waals surface area (Å²) >= 11 is 0. The van der Waals surface area contributed by atoms with Crippen molar-refractivity contribution in [2.24, 2.45) is 5.92 Å². The number of benzene rings is 4. The molecule has 2 nitrogen and oxygen atoms in total. The van der Waals surface area contributed by atoms with E-state index in [1.807, 2.05) is 12.1 Å². The SMILES string of the molecule is CCC1CCC(c2ccc(Cc3ccc(N)c(F)c3)cc2)(c2ccc(Cc3ccc(N)c(F)c3)cc2)CC1. The van der Waals surface area contributed by atoms with Gasteiger partial charge in [-0.3, -0.25) is 0 Å². The Hall–Kier alpha value is -3.66. The van der Waals surface area contributed by atoms with E-state index >= 15 is 0 Å². The lowest BCUT2D eigenvalue weighted by Crippen LogP contribution is -2.33. The topological polar surface area (TPSA) is 52.0 Å². The number of nitrogen functional groups attached to an aromatic ring is 2. The second-order valence-corrected chi connectivity index (χ2v) is 10.9. The summed E-state index contributed by atoms with van der Waals surface area (Å²) in [5, 5.41) is 0. The van der Waals surface area contributed by atoms with Crippen LogP contribution in [0.3, 0.4) is 0 Å². The number of halogens is 2. The number of rotatable bonds is 7. The molecule has 0 amide bonds. The van der Waals surface area contributed by atoms with Crippen molar-refractivity contribution in [3.8, 4) is 0 Å². The Labute approximate surface area is 224 Å². The van der Waals surface area contributed by atoms with Gasteiger partial charge in [-0.25, -0.2) is 8.78 Å². The molecule has 4 aromatic rings. The van der Waals surface area contributed by atoms with E-state index in [1.165, 1.54) is 42.5 Å². The minimum absolute atomic E-state index is 0.0245. The molecular weight excluding hydrogens is 474 g/mol. The summed E-state index contributed by atoms with van der Waals surface area (Å²) in [6, 6.07) is 27.9. The van der Waals surface area contributed by atoms with Gasteiger partial charge in [0.15, 0.2) is 0 Å². The van der Waals surface area contributed by atoms with Gasteiger partial charge in [-0.15, -0.1) is 0 Å². The Morgan fingerprint density at radius 2 is 1.03 bits per heavy atom. The molecule has 5 rings (SSSR count). The lowest BCUT2D eigenvalue weighted by Gasteiger charge is -2.41. The van der Waals surface area contributed by atoms with E-state index in [-0.39, 0.29) is 28.4 Å². The number of anilines is 2. The van der Waals surface area contributed by atoms with Crippen LogP contribution in [-0.2, 0) is 18.3 Å². The summed E-state index contributed by atoms with van der Waals surface area (Å²) in [7, 11) is 0. The number of hydrogen-bond acceptors (Lipinski definition) is 2. The minimum atomic E-state index is -0.365. The third-order valence-corrected chi connectivity index (χ3v) is 8.50. The maximum Gasteiger partial charge on any atom is 0.146 e. The van der Waals surface area contributed by atoms with Crippen molar-refractivity contribution in [2.75, 3.05) is 11.5 Å². The van der Waals surface area contributed by atoms with Crippen LogP contribution in [0.2, 0.25) is 0 Å². The lowest BCUT2D eigenvalue weighted by atomic mass is 9.62. The second-order valence-electron chi connectivity index (χ2n) is 10.9. The van der Waals surface area contributed by atoms with Crippen LogP contribution in [0.25, 0.3) is 0 Å². The third kappa shape index (κ3) is 5.45. The van der Waals surface area contributed by atoms with Gasteiger partial charge < -0.3 is 11.5 Å². The molecule has 4 heteroatoms. The quantitative estimate of drug-likeness (QED) is 0.246. The highest BCUT2D eigenvalue weighted by Gasteiger charge is 2.38. The van der Waals surface area contributed by atoms with Crippen molar-refractivity contribution in [1.82, 2.24) is 0 Å². The Morgan fingerprint density at radius 3 is 1.39 bits per heavy atom. The van der Waals surface area contributed by atoms with Gasteiger partial charge in [-0.2, -0.15) is 0 Å². The first-order chi connectivity index (χ1) is 18.4. The van der Waals surface area contributed by atoms with E-state index in [0.717, 1.165) is 41.0 Å². The highest BCUT2D eigenvalue weighted by Crippen LogP contribution is 2.47. The molecule has 38 heavy (non-hydrogen) atoms. The van der Waals surface area contributed by atoms with E-state index in [4.69, 9.17) is 11.5 Å². The highest BCUT2D eigenvalue weighted by molar-refractivity contribution is 5.46. The monoisotopic (exact) mass is 510 g/mol. The zero-order valence-electron chi connectivity index (χ0n) is 22.0. The van der Waals surface area contributed by atoms with E-state index in [1.54, 1.807) is 12.1 Å². The summed E-state index contributed by atoms with van der Waals surface area (Å²) in [5.41, 5.74) is 18.4. The first-order valence-electron chi connectivity index (χ1n) is 13.6. The van der Waals surface area contributed by atoms with Gasteiger partial charge in [0, 0.05) is 5.41 Å². The maximum absolute atomic E-state index is 13.9. The van der Waals surface area contributed by atoms with Crippen LogP contribution in [-0.4, -0.2) is 0 Å². The molecular formula is C34H36F2N2. The van der Waals surface area contributed by atoms with Gasteiger partial charge in [-0.1, -0.05) is 74.0 Å². The standard InChI is InChI=1S/C34H36F2N2/c1-2-23-15-17-34(18-16-23,28-9-3-24(4-10-28)19-26-7-13-32(37)30(35)21-26)29-11-5-25(6-12-29)20-27-8-14-33(38)31(36)22-27/h3-14,21-23H,2,15-20,37-38H2,1H3. The third-order valence-electron chi connectivity index (χ3n) is 8.50. The van der Waals surface area contributed by atoms with Gasteiger partial charge in [-0.05, 0) is 102 Å². The molecule has 1 aliphatic rings. The molecule has 0 atom stereocenters. The number of hydrogen-bond donors (Lipinski definition) is 2. The average Bonchev–Trinajstić information content (AvgIpc) is 2.94. The first-order valence-corrected chi connectivity index (χ1v) is 13.6. The van der Waals surface area contributed by atoms with Crippen molar-refractivity contribution in [3.05, 3.63) is 130 Å². The molecule has 0 spiro atoms. The van der Waals surface area contributed by atoms with E-state index in [2.05, 4.69) is 55.5 Å². The zero-order valence-corrected chi connectivity index (χ0v) is 22.0. The summed E-state index contributed by atoms with van der Waals surface area (Å²) in [5.74, 6) is 0.0500. The molecule has 0 aromatic heterocycles. The second kappa shape index (κ2) is 11.0. The summed E-state index contributed by atoms with van der Waals surface area (Å²) in [4.78, 5) is 0. The Kier molecular flexibility index (Phi) is 7.51. The Bertz CT molecular complexity index is 1290. The van der Waals surface area contributed by atoms with Crippen LogP contribution in [0.4, 0.5) is 20.2 Å². The van der Waals surface area contributed by atoms with E-state index in [0.29, 0.717) is 12.8 Å². The molecule has 196 valence electrons. The molecule has 4 aromatic carbocycles. The fourth-order valence-corrected chi connectivity index (χ4v) is 6.04. The molecule has 1 saturated carbocycles. The number of nitrogens with two attached hydrogens (primary N) is 2. The molecule has 0 unspecified atom stereocenters. The van der Waals surface area contributed by atoms with Crippen LogP contribution in [0.5, 0.6) is 0 Å². The molecule has 0 bridgehead atoms. The highest BCUT2D eigenvalue weighted by atomic mass is 19.1. The predicted molar refractivity (Wildman–Crippen MR) is 153 cm³/mol. The predicted octanol–water partition coefficient (Wildman–Crippen LogP) is 8.20. The summed E-state index contributed by atoms with van der Waals surface area (Å²) < 4.78 is 27.9. The zero-order chi connectivity index (χ0) is 26.7. The molecule has 0 radical (unpaired) electrons. The molecule has 0 aliphatic heterocycles. The van der Waals surface area contributed by atoms with E-state index in [9.17, 15) is 8.78 Å². The Morgan fingerprint density at radius 1 is 0.632 bits per heavy atom. The maximum atomic E-state index is 13.9. The molecule has 0 heterocycles. The molecule has 1 fully saturated rings. The first kappa shape index (κ1) is 26.0. The fourth-order valence-electron chi connectivity index (χ4n) is 6.04. The Balaban J connectivity index is 1.40. The van der Waals surface area contributed by atoms with Crippen molar-refractivity contribution >= 4 is 11.4 Å². The molecule has 0 saturated heterocycles. The van der Waals surface area contributed by atoms with Crippen molar-refractivity contribution < 1.29 is 8.78 Å². The summed E-state index contributed by atoms with van der Waals surface area (Å²) in [6.07, 6.45) is 7.24. The van der Waals surface area contributed by atoms with Crippen LogP contribution in [0, 0.1) is 17.6 Å². The van der Waals surface area contributed by atoms with Gasteiger partial charge in [0.05, 0.1) is 11.4 Å². The minimum Gasteiger partial charge on any atom is -0.396 e. The average molecular weight is 511 g/mol. The van der Waals surface area contributed by atoms with E-state index < -0.39 is 0 Å². The molecule has 1 aliphatic carbocycles. The van der Waals surface area contributed by atoms with Crippen molar-refractivity contribution in [1.29, 1.82) is 0 Å². The van der Waals surface area contributed by atoms with Gasteiger partial charge in [0.25, 0.3) is 0 Å². The van der Waals surface area contributed by atoms with Crippen LogP contribution < -0.4 is 11.5 Å². The van der Waals surface area contributed by atoms with Gasteiger partial charge in [0.1, 0.15) is 11.6 Å². The fraction of sp³-hybridized carbons (Fsp3) is 0.294. The van der Waals surface area contributed by atoms with Crippen LogP contribution in [0.1, 0.15) is 72.4 Å². The largest absolute Gasteiger partial charge is 0.396 e. The smallest absolute Gasteiger partial charge is 0.146 e. The van der Waals surface area contributed by atoms with Crippen molar-refractivity contribution in [2.45, 2.75) is 57.3 Å². The van der Waals surface area contributed by atoms with Crippen molar-refractivity contribution in [3.63, 3.8) is 0 Å². The molecule has 4 N–H and O–H groups in total. The lowest BCUT2D eigenvalue weighted by molar-refractivity contribution is 0.260. The van der Waals surface area contributed by atoms with Crippen LogP contribution >= 0.6 is 0 Å².